The lowest BCUT2D eigenvalue weighted by molar-refractivity contribution is 0.866. The van der Waals surface area contributed by atoms with Gasteiger partial charge in [0.1, 0.15) is 6.07 Å². The number of nitrogens with zero attached hydrogens (tertiary/aromatic N) is 3. The summed E-state index contributed by atoms with van der Waals surface area (Å²) in [5, 5.41) is 13.5. The van der Waals surface area contributed by atoms with Crippen molar-refractivity contribution in [2.45, 2.75) is 6.92 Å². The van der Waals surface area contributed by atoms with Crippen LogP contribution in [0.25, 0.3) is 5.69 Å². The third kappa shape index (κ3) is 1.85. The van der Waals surface area contributed by atoms with E-state index in [1.165, 1.54) is 0 Å². The molecule has 0 aliphatic rings. The summed E-state index contributed by atoms with van der Waals surface area (Å²) in [6.45, 7) is 1.95. The van der Waals surface area contributed by atoms with Crippen molar-refractivity contribution < 1.29 is 0 Å². The summed E-state index contributed by atoms with van der Waals surface area (Å²) in [6, 6.07) is 9.21. The number of hydrogen-bond acceptors (Lipinski definition) is 2. The summed E-state index contributed by atoms with van der Waals surface area (Å²) >= 11 is 5.85. The summed E-state index contributed by atoms with van der Waals surface area (Å²) < 4.78 is 1.67. The van der Waals surface area contributed by atoms with Crippen LogP contribution in [0.5, 0.6) is 0 Å². The maximum absolute atomic E-state index is 8.66. The summed E-state index contributed by atoms with van der Waals surface area (Å²) in [5.41, 5.74) is 2.36. The smallest absolute Gasteiger partial charge is 0.162 e. The molecule has 1 aromatic heterocycles. The van der Waals surface area contributed by atoms with Crippen LogP contribution >= 0.6 is 11.6 Å². The van der Waals surface area contributed by atoms with Crippen LogP contribution in [0.3, 0.4) is 0 Å². The fourth-order valence-electron chi connectivity index (χ4n) is 1.39. The molecule has 0 fully saturated rings. The first-order valence-corrected chi connectivity index (χ1v) is 4.81. The van der Waals surface area contributed by atoms with E-state index in [1.807, 2.05) is 25.1 Å². The Balaban J connectivity index is 2.50. The summed E-state index contributed by atoms with van der Waals surface area (Å²) in [6.07, 6.45) is 1.76. The van der Waals surface area contributed by atoms with Crippen LogP contribution < -0.4 is 0 Å². The molecular formula is C11H8ClN3. The van der Waals surface area contributed by atoms with Crippen molar-refractivity contribution in [3.8, 4) is 11.8 Å². The van der Waals surface area contributed by atoms with Crippen LogP contribution in [0.1, 0.15) is 11.3 Å². The minimum absolute atomic E-state index is 0.407. The van der Waals surface area contributed by atoms with Gasteiger partial charge in [0.25, 0.3) is 0 Å². The molecule has 0 aliphatic heterocycles. The second-order valence-corrected chi connectivity index (χ2v) is 3.62. The minimum Gasteiger partial charge on any atom is -0.239 e. The zero-order valence-electron chi connectivity index (χ0n) is 8.11. The highest BCUT2D eigenvalue weighted by molar-refractivity contribution is 6.30. The van der Waals surface area contributed by atoms with Gasteiger partial charge in [-0.05, 0) is 36.8 Å². The summed E-state index contributed by atoms with van der Waals surface area (Å²) in [5.74, 6) is 0. The molecule has 0 saturated heterocycles. The normalized spacial score (nSPS) is 9.93. The van der Waals surface area contributed by atoms with E-state index in [1.54, 1.807) is 23.0 Å². The van der Waals surface area contributed by atoms with Crippen molar-refractivity contribution in [2.75, 3.05) is 0 Å². The highest BCUT2D eigenvalue weighted by Crippen LogP contribution is 2.18. The van der Waals surface area contributed by atoms with Gasteiger partial charge in [-0.25, -0.2) is 4.68 Å². The van der Waals surface area contributed by atoms with Crippen molar-refractivity contribution >= 4 is 11.6 Å². The Morgan fingerprint density at radius 3 is 2.80 bits per heavy atom. The Kier molecular flexibility index (Phi) is 2.44. The lowest BCUT2D eigenvalue weighted by atomic mass is 10.2. The Labute approximate surface area is 92.5 Å². The van der Waals surface area contributed by atoms with E-state index in [-0.39, 0.29) is 0 Å². The molecule has 0 unspecified atom stereocenters. The number of aryl methyl sites for hydroxylation is 1. The Morgan fingerprint density at radius 1 is 1.40 bits per heavy atom. The van der Waals surface area contributed by atoms with Gasteiger partial charge in [-0.2, -0.15) is 10.4 Å². The zero-order chi connectivity index (χ0) is 10.8. The van der Waals surface area contributed by atoms with Crippen molar-refractivity contribution in [2.24, 2.45) is 0 Å². The van der Waals surface area contributed by atoms with E-state index in [0.717, 1.165) is 11.3 Å². The quantitative estimate of drug-likeness (QED) is 0.737. The molecule has 74 valence electrons. The Hall–Kier alpha value is -1.79. The van der Waals surface area contributed by atoms with E-state index in [0.29, 0.717) is 10.7 Å². The molecule has 3 nitrogen and oxygen atoms in total. The molecule has 0 amide bonds. The molecule has 0 atom stereocenters. The van der Waals surface area contributed by atoms with E-state index in [9.17, 15) is 0 Å². The monoisotopic (exact) mass is 217 g/mol. The molecule has 0 spiro atoms. The van der Waals surface area contributed by atoms with Crippen molar-refractivity contribution in [3.05, 3.63) is 46.7 Å². The number of hydrogen-bond donors (Lipinski definition) is 0. The van der Waals surface area contributed by atoms with Crippen LogP contribution in [0.15, 0.2) is 30.5 Å². The molecule has 4 heteroatoms. The number of halogens is 1. The predicted octanol–water partition coefficient (Wildman–Crippen LogP) is 2.71. The number of rotatable bonds is 1. The van der Waals surface area contributed by atoms with Crippen LogP contribution in [0, 0.1) is 18.3 Å². The lowest BCUT2D eigenvalue weighted by Gasteiger charge is -2.05. The molecule has 15 heavy (non-hydrogen) atoms. The van der Waals surface area contributed by atoms with Crippen LogP contribution in [-0.2, 0) is 0 Å². The minimum atomic E-state index is 0.407. The maximum Gasteiger partial charge on any atom is 0.162 e. The van der Waals surface area contributed by atoms with Gasteiger partial charge in [0, 0.05) is 11.2 Å². The molecule has 0 radical (unpaired) electrons. The van der Waals surface area contributed by atoms with Gasteiger partial charge in [-0.1, -0.05) is 11.6 Å². The van der Waals surface area contributed by atoms with Crippen LogP contribution in [0.4, 0.5) is 0 Å². The number of benzene rings is 1. The highest BCUT2D eigenvalue weighted by Gasteiger charge is 2.03. The zero-order valence-corrected chi connectivity index (χ0v) is 8.86. The van der Waals surface area contributed by atoms with E-state index in [4.69, 9.17) is 16.9 Å². The average Bonchev–Trinajstić information content (AvgIpc) is 2.66. The molecule has 1 heterocycles. The predicted molar refractivity (Wildman–Crippen MR) is 58.0 cm³/mol. The standard InChI is InChI=1S/C11H8ClN3/c1-8-6-9(12)2-3-11(8)15-5-4-10(7-13)14-15/h2-6H,1H3. The van der Waals surface area contributed by atoms with E-state index in [2.05, 4.69) is 5.10 Å². The SMILES string of the molecule is Cc1cc(Cl)ccc1-n1ccc(C#N)n1. The second-order valence-electron chi connectivity index (χ2n) is 3.19. The third-order valence-corrected chi connectivity index (χ3v) is 2.34. The fraction of sp³-hybridized carbons (Fsp3) is 0.0909. The summed E-state index contributed by atoms with van der Waals surface area (Å²) in [4.78, 5) is 0. The summed E-state index contributed by atoms with van der Waals surface area (Å²) in [7, 11) is 0. The van der Waals surface area contributed by atoms with Gasteiger partial charge in [-0.3, -0.25) is 0 Å². The first-order chi connectivity index (χ1) is 7.20. The van der Waals surface area contributed by atoms with Crippen LogP contribution in [0.2, 0.25) is 5.02 Å². The van der Waals surface area contributed by atoms with E-state index >= 15 is 0 Å². The van der Waals surface area contributed by atoms with E-state index < -0.39 is 0 Å². The van der Waals surface area contributed by atoms with Gasteiger partial charge >= 0.3 is 0 Å². The molecule has 1 aromatic carbocycles. The highest BCUT2D eigenvalue weighted by atomic mass is 35.5. The van der Waals surface area contributed by atoms with Gasteiger partial charge in [0.15, 0.2) is 5.69 Å². The van der Waals surface area contributed by atoms with Gasteiger partial charge < -0.3 is 0 Å². The third-order valence-electron chi connectivity index (χ3n) is 2.11. The molecule has 0 aliphatic carbocycles. The second kappa shape index (κ2) is 3.76. The van der Waals surface area contributed by atoms with Crippen molar-refractivity contribution in [1.82, 2.24) is 9.78 Å². The lowest BCUT2D eigenvalue weighted by Crippen LogP contribution is -1.97. The first kappa shape index (κ1) is 9.75. The molecule has 2 aromatic rings. The Bertz CT molecular complexity index is 537. The Morgan fingerprint density at radius 2 is 2.20 bits per heavy atom. The van der Waals surface area contributed by atoms with Crippen molar-refractivity contribution in [1.29, 1.82) is 5.26 Å². The molecule has 0 bridgehead atoms. The van der Waals surface area contributed by atoms with Crippen molar-refractivity contribution in [3.63, 3.8) is 0 Å². The molecule has 0 N–H and O–H groups in total. The fourth-order valence-corrected chi connectivity index (χ4v) is 1.62. The van der Waals surface area contributed by atoms with Gasteiger partial charge in [0.05, 0.1) is 5.69 Å². The first-order valence-electron chi connectivity index (χ1n) is 4.43. The molecule has 2 rings (SSSR count). The molecular weight excluding hydrogens is 210 g/mol. The largest absolute Gasteiger partial charge is 0.239 e. The number of aromatic nitrogens is 2. The van der Waals surface area contributed by atoms with Gasteiger partial charge in [0.2, 0.25) is 0 Å². The number of nitriles is 1. The maximum atomic E-state index is 8.66. The molecule has 0 saturated carbocycles. The van der Waals surface area contributed by atoms with Gasteiger partial charge in [-0.15, -0.1) is 0 Å². The topological polar surface area (TPSA) is 41.6 Å². The average molecular weight is 218 g/mol. The van der Waals surface area contributed by atoms with Crippen LogP contribution in [-0.4, -0.2) is 9.78 Å².